The van der Waals surface area contributed by atoms with Gasteiger partial charge in [-0.05, 0) is 36.4 Å². The molecule has 25 heavy (non-hydrogen) atoms. The number of pyridine rings is 1. The number of carbonyl (C=O) groups excluding carboxylic acids is 1. The maximum Gasteiger partial charge on any atom is 0.274 e. The highest BCUT2D eigenvalue weighted by Crippen LogP contribution is 2.20. The molecule has 6 heteroatoms. The summed E-state index contributed by atoms with van der Waals surface area (Å²) in [5.74, 6) is 0.297. The highest BCUT2D eigenvalue weighted by atomic mass is 16.1. The van der Waals surface area contributed by atoms with Gasteiger partial charge in [0.2, 0.25) is 0 Å². The van der Waals surface area contributed by atoms with Gasteiger partial charge in [-0.1, -0.05) is 30.3 Å². The van der Waals surface area contributed by atoms with Crippen LogP contribution in [0.5, 0.6) is 0 Å². The largest absolute Gasteiger partial charge is 0.397 e. The van der Waals surface area contributed by atoms with E-state index < -0.39 is 0 Å². The minimum absolute atomic E-state index is 0.293. The first kappa shape index (κ1) is 14.9. The maximum absolute atomic E-state index is 12.5. The van der Waals surface area contributed by atoms with Crippen molar-refractivity contribution in [3.63, 3.8) is 0 Å². The smallest absolute Gasteiger partial charge is 0.274 e. The van der Waals surface area contributed by atoms with E-state index in [-0.39, 0.29) is 5.91 Å². The molecule has 4 aromatic rings. The van der Waals surface area contributed by atoms with E-state index in [4.69, 9.17) is 5.73 Å². The molecule has 0 aliphatic heterocycles. The number of nitrogen functional groups attached to an aromatic ring is 1. The van der Waals surface area contributed by atoms with Gasteiger partial charge in [0.05, 0.1) is 22.4 Å². The molecule has 4 N–H and O–H groups in total. The quantitative estimate of drug-likeness (QED) is 0.501. The summed E-state index contributed by atoms with van der Waals surface area (Å²) in [6, 6.07) is 20.1. The number of nitrogens with zero attached hydrogens (tertiary/aromatic N) is 2. The molecule has 0 radical (unpaired) electrons. The van der Waals surface area contributed by atoms with E-state index in [2.05, 4.69) is 20.3 Å². The third-order valence-corrected chi connectivity index (χ3v) is 3.82. The molecular formula is C19H15N5O. The van der Waals surface area contributed by atoms with Crippen molar-refractivity contribution in [3.8, 4) is 11.5 Å². The van der Waals surface area contributed by atoms with Crippen LogP contribution in [0, 0.1) is 0 Å². The number of carbonyl (C=O) groups is 1. The van der Waals surface area contributed by atoms with E-state index >= 15 is 0 Å². The third-order valence-electron chi connectivity index (χ3n) is 3.82. The number of hydrogen-bond acceptors (Lipinski definition) is 4. The number of benzene rings is 2. The Morgan fingerprint density at radius 1 is 0.920 bits per heavy atom. The third kappa shape index (κ3) is 2.92. The second-order valence-electron chi connectivity index (χ2n) is 5.55. The van der Waals surface area contributed by atoms with E-state index in [1.807, 2.05) is 42.5 Å². The second-order valence-corrected chi connectivity index (χ2v) is 5.55. The number of aromatic amines is 1. The Morgan fingerprint density at radius 3 is 2.56 bits per heavy atom. The van der Waals surface area contributed by atoms with Crippen LogP contribution >= 0.6 is 0 Å². The monoisotopic (exact) mass is 329 g/mol. The molecule has 0 bridgehead atoms. The lowest BCUT2D eigenvalue weighted by atomic mass is 10.2. The maximum atomic E-state index is 12.5. The standard InChI is InChI=1S/C19H15N5O/c20-12-6-1-2-7-13(12)24-19(25)17-11-5-10-16(21-17)18-22-14-8-3-4-9-15(14)23-18/h1-11H,20H2,(H,22,23)(H,24,25). The first-order chi connectivity index (χ1) is 12.2. The fourth-order valence-electron chi connectivity index (χ4n) is 2.56. The van der Waals surface area contributed by atoms with E-state index in [0.29, 0.717) is 28.6 Å². The Labute approximate surface area is 143 Å². The number of aromatic nitrogens is 3. The molecule has 2 heterocycles. The zero-order chi connectivity index (χ0) is 17.2. The summed E-state index contributed by atoms with van der Waals surface area (Å²) < 4.78 is 0. The van der Waals surface area contributed by atoms with Crippen LogP contribution in [-0.2, 0) is 0 Å². The molecule has 1 amide bonds. The molecule has 0 fully saturated rings. The Hall–Kier alpha value is -3.67. The van der Waals surface area contributed by atoms with Crippen molar-refractivity contribution in [2.75, 3.05) is 11.1 Å². The van der Waals surface area contributed by atoms with Gasteiger partial charge >= 0.3 is 0 Å². The highest BCUT2D eigenvalue weighted by molar-refractivity contribution is 6.04. The first-order valence-electron chi connectivity index (χ1n) is 7.79. The first-order valence-corrected chi connectivity index (χ1v) is 7.79. The summed E-state index contributed by atoms with van der Waals surface area (Å²) in [7, 11) is 0. The number of anilines is 2. The number of para-hydroxylation sites is 4. The van der Waals surface area contributed by atoms with Gasteiger partial charge in [0, 0.05) is 0 Å². The van der Waals surface area contributed by atoms with Crippen molar-refractivity contribution >= 4 is 28.3 Å². The lowest BCUT2D eigenvalue weighted by Gasteiger charge is -2.07. The summed E-state index contributed by atoms with van der Waals surface area (Å²) >= 11 is 0. The second kappa shape index (κ2) is 6.09. The minimum Gasteiger partial charge on any atom is -0.397 e. The number of rotatable bonds is 3. The zero-order valence-electron chi connectivity index (χ0n) is 13.2. The van der Waals surface area contributed by atoms with Crippen LogP contribution in [0.1, 0.15) is 10.5 Å². The fraction of sp³-hybridized carbons (Fsp3) is 0. The zero-order valence-corrected chi connectivity index (χ0v) is 13.2. The molecule has 122 valence electrons. The number of amides is 1. The molecule has 0 saturated heterocycles. The van der Waals surface area contributed by atoms with Gasteiger partial charge in [0.15, 0.2) is 5.82 Å². The number of nitrogens with one attached hydrogen (secondary N) is 2. The van der Waals surface area contributed by atoms with Crippen LogP contribution in [0.4, 0.5) is 11.4 Å². The Bertz CT molecular complexity index is 1040. The highest BCUT2D eigenvalue weighted by Gasteiger charge is 2.12. The van der Waals surface area contributed by atoms with Gasteiger partial charge in [0.25, 0.3) is 5.91 Å². The Balaban J connectivity index is 1.65. The lowest BCUT2D eigenvalue weighted by Crippen LogP contribution is -2.15. The summed E-state index contributed by atoms with van der Waals surface area (Å²) in [5.41, 5.74) is 9.59. The van der Waals surface area contributed by atoms with Gasteiger partial charge in [-0.25, -0.2) is 9.97 Å². The van der Waals surface area contributed by atoms with Crippen molar-refractivity contribution in [2.24, 2.45) is 0 Å². The van der Waals surface area contributed by atoms with Crippen LogP contribution in [-0.4, -0.2) is 20.9 Å². The van der Waals surface area contributed by atoms with Gasteiger partial charge in [-0.15, -0.1) is 0 Å². The van der Waals surface area contributed by atoms with E-state index in [9.17, 15) is 4.79 Å². The van der Waals surface area contributed by atoms with E-state index in [1.54, 1.807) is 24.3 Å². The van der Waals surface area contributed by atoms with Gasteiger partial charge in [-0.2, -0.15) is 0 Å². The molecule has 0 atom stereocenters. The summed E-state index contributed by atoms with van der Waals surface area (Å²) in [5, 5.41) is 2.77. The van der Waals surface area contributed by atoms with Crippen LogP contribution in [0.25, 0.3) is 22.6 Å². The number of fused-ring (bicyclic) bond motifs is 1. The predicted molar refractivity (Wildman–Crippen MR) is 98.1 cm³/mol. The SMILES string of the molecule is Nc1ccccc1NC(=O)c1cccc(-c2nc3ccccc3[nH]2)n1. The predicted octanol–water partition coefficient (Wildman–Crippen LogP) is 3.46. The number of H-pyrrole nitrogens is 1. The van der Waals surface area contributed by atoms with Crippen LogP contribution in [0.3, 0.4) is 0 Å². The molecule has 0 aliphatic carbocycles. The van der Waals surface area contributed by atoms with Crippen LogP contribution in [0.2, 0.25) is 0 Å². The summed E-state index contributed by atoms with van der Waals surface area (Å²) in [4.78, 5) is 24.6. The Morgan fingerprint density at radius 2 is 1.72 bits per heavy atom. The average Bonchev–Trinajstić information content (AvgIpc) is 3.08. The van der Waals surface area contributed by atoms with Crippen LogP contribution in [0.15, 0.2) is 66.7 Å². The minimum atomic E-state index is -0.323. The van der Waals surface area contributed by atoms with E-state index in [1.165, 1.54) is 0 Å². The normalized spacial score (nSPS) is 10.7. The summed E-state index contributed by atoms with van der Waals surface area (Å²) in [6.07, 6.45) is 0. The number of imidazole rings is 1. The van der Waals surface area contributed by atoms with Gasteiger partial charge in [-0.3, -0.25) is 4.79 Å². The fourth-order valence-corrected chi connectivity index (χ4v) is 2.56. The molecular weight excluding hydrogens is 314 g/mol. The molecule has 4 rings (SSSR count). The molecule has 6 nitrogen and oxygen atoms in total. The van der Waals surface area contributed by atoms with E-state index in [0.717, 1.165) is 11.0 Å². The average molecular weight is 329 g/mol. The topological polar surface area (TPSA) is 96.7 Å². The van der Waals surface area contributed by atoms with Crippen molar-refractivity contribution in [1.82, 2.24) is 15.0 Å². The molecule has 0 spiro atoms. The number of nitrogens with two attached hydrogens (primary N) is 1. The van der Waals surface area contributed by atoms with Gasteiger partial charge < -0.3 is 16.0 Å². The molecule has 0 unspecified atom stereocenters. The Kier molecular flexibility index (Phi) is 3.63. The lowest BCUT2D eigenvalue weighted by molar-refractivity contribution is 0.102. The molecule has 0 saturated carbocycles. The van der Waals surface area contributed by atoms with Crippen LogP contribution < -0.4 is 11.1 Å². The van der Waals surface area contributed by atoms with Crippen molar-refractivity contribution in [2.45, 2.75) is 0 Å². The number of hydrogen-bond donors (Lipinski definition) is 3. The van der Waals surface area contributed by atoms with Gasteiger partial charge in [0.1, 0.15) is 11.4 Å². The molecule has 2 aromatic heterocycles. The van der Waals surface area contributed by atoms with Crippen molar-refractivity contribution in [1.29, 1.82) is 0 Å². The molecule has 2 aromatic carbocycles. The van der Waals surface area contributed by atoms with Crippen molar-refractivity contribution < 1.29 is 4.79 Å². The molecule has 0 aliphatic rings. The summed E-state index contributed by atoms with van der Waals surface area (Å²) in [6.45, 7) is 0. The van der Waals surface area contributed by atoms with Crippen molar-refractivity contribution in [3.05, 3.63) is 72.4 Å².